The van der Waals surface area contributed by atoms with E-state index in [-0.39, 0.29) is 5.92 Å². The first kappa shape index (κ1) is 10.7. The molecule has 2 rings (SSSR count). The van der Waals surface area contributed by atoms with Crippen LogP contribution in [0.4, 0.5) is 5.82 Å². The molecule has 0 saturated heterocycles. The van der Waals surface area contributed by atoms with Crippen LogP contribution in [0.3, 0.4) is 0 Å². The minimum absolute atomic E-state index is 0.287. The van der Waals surface area contributed by atoms with E-state index in [1.807, 2.05) is 0 Å². The van der Waals surface area contributed by atoms with E-state index < -0.39 is 0 Å². The van der Waals surface area contributed by atoms with Crippen LogP contribution in [0.1, 0.15) is 32.0 Å². The van der Waals surface area contributed by atoms with Gasteiger partial charge in [-0.2, -0.15) is 10.1 Å². The smallest absolute Gasteiger partial charge is 0.263 e. The van der Waals surface area contributed by atoms with Crippen LogP contribution >= 0.6 is 0 Å². The molecule has 6 heteroatoms. The van der Waals surface area contributed by atoms with Gasteiger partial charge < -0.3 is 10.3 Å². The Bertz CT molecular complexity index is 487. The lowest BCUT2D eigenvalue weighted by Crippen LogP contribution is -1.98. The summed E-state index contributed by atoms with van der Waals surface area (Å²) < 4.78 is 6.75. The number of nitrogen functional groups attached to an aromatic ring is 1. The molecular formula is C10H15N5O. The molecule has 0 aliphatic heterocycles. The Morgan fingerprint density at radius 1 is 1.56 bits per heavy atom. The van der Waals surface area contributed by atoms with Gasteiger partial charge in [0, 0.05) is 13.0 Å². The predicted octanol–water partition coefficient (Wildman–Crippen LogP) is 1.57. The molecule has 0 amide bonds. The van der Waals surface area contributed by atoms with E-state index >= 15 is 0 Å². The third-order valence-corrected chi connectivity index (χ3v) is 2.71. The first-order valence-corrected chi connectivity index (χ1v) is 5.25. The molecule has 0 spiro atoms. The molecule has 0 aromatic carbocycles. The topological polar surface area (TPSA) is 82.8 Å². The molecule has 86 valence electrons. The molecule has 1 atom stereocenters. The van der Waals surface area contributed by atoms with Gasteiger partial charge in [0.05, 0.1) is 6.20 Å². The number of hydrogen-bond donors (Lipinski definition) is 1. The summed E-state index contributed by atoms with van der Waals surface area (Å²) in [6, 6.07) is 0. The highest BCUT2D eigenvalue weighted by Gasteiger charge is 2.17. The first-order valence-electron chi connectivity index (χ1n) is 5.25. The van der Waals surface area contributed by atoms with Gasteiger partial charge in [0.2, 0.25) is 0 Å². The Balaban J connectivity index is 2.35. The van der Waals surface area contributed by atoms with Crippen molar-refractivity contribution in [2.24, 2.45) is 7.05 Å². The number of aromatic nitrogens is 4. The fourth-order valence-corrected chi connectivity index (χ4v) is 1.34. The maximum Gasteiger partial charge on any atom is 0.263 e. The Hall–Kier alpha value is -1.85. The molecule has 0 fully saturated rings. The number of rotatable bonds is 3. The molecule has 2 heterocycles. The van der Waals surface area contributed by atoms with Crippen LogP contribution in [-0.2, 0) is 7.05 Å². The summed E-state index contributed by atoms with van der Waals surface area (Å²) in [5.41, 5.74) is 6.51. The fraction of sp³-hybridized carbons (Fsp3) is 0.500. The molecule has 16 heavy (non-hydrogen) atoms. The van der Waals surface area contributed by atoms with Gasteiger partial charge in [-0.15, -0.1) is 0 Å². The molecular weight excluding hydrogens is 206 g/mol. The SMILES string of the molecule is CCC(C)c1noc(-c2cnn(C)c2N)n1. The van der Waals surface area contributed by atoms with Gasteiger partial charge in [-0.25, -0.2) is 0 Å². The molecule has 0 aliphatic rings. The van der Waals surface area contributed by atoms with E-state index in [2.05, 4.69) is 29.1 Å². The predicted molar refractivity (Wildman–Crippen MR) is 59.6 cm³/mol. The fourth-order valence-electron chi connectivity index (χ4n) is 1.34. The second-order valence-corrected chi connectivity index (χ2v) is 3.83. The largest absolute Gasteiger partial charge is 0.383 e. The minimum atomic E-state index is 0.287. The second-order valence-electron chi connectivity index (χ2n) is 3.83. The van der Waals surface area contributed by atoms with Crippen molar-refractivity contribution in [3.8, 4) is 11.5 Å². The van der Waals surface area contributed by atoms with Gasteiger partial charge >= 0.3 is 0 Å². The molecule has 0 bridgehead atoms. The van der Waals surface area contributed by atoms with Crippen molar-refractivity contribution in [1.82, 2.24) is 19.9 Å². The maximum atomic E-state index is 5.83. The third-order valence-electron chi connectivity index (χ3n) is 2.71. The van der Waals surface area contributed by atoms with E-state index in [0.717, 1.165) is 6.42 Å². The van der Waals surface area contributed by atoms with Gasteiger partial charge in [0.15, 0.2) is 5.82 Å². The highest BCUT2D eigenvalue weighted by Crippen LogP contribution is 2.25. The number of anilines is 1. The molecule has 1 unspecified atom stereocenters. The van der Waals surface area contributed by atoms with Gasteiger partial charge in [0.1, 0.15) is 11.4 Å². The van der Waals surface area contributed by atoms with Crippen LogP contribution in [0, 0.1) is 0 Å². The first-order chi connectivity index (χ1) is 7.63. The zero-order valence-electron chi connectivity index (χ0n) is 9.64. The molecule has 0 saturated carbocycles. The molecule has 0 radical (unpaired) electrons. The van der Waals surface area contributed by atoms with Gasteiger partial charge in [-0.1, -0.05) is 19.0 Å². The van der Waals surface area contributed by atoms with Crippen molar-refractivity contribution in [1.29, 1.82) is 0 Å². The van der Waals surface area contributed by atoms with Gasteiger partial charge in [-0.3, -0.25) is 4.68 Å². The summed E-state index contributed by atoms with van der Waals surface area (Å²) >= 11 is 0. The molecule has 2 N–H and O–H groups in total. The van der Waals surface area contributed by atoms with Crippen LogP contribution in [-0.4, -0.2) is 19.9 Å². The number of nitrogens with two attached hydrogens (primary N) is 1. The van der Waals surface area contributed by atoms with E-state index in [4.69, 9.17) is 10.3 Å². The Labute approximate surface area is 93.4 Å². The lowest BCUT2D eigenvalue weighted by atomic mass is 10.1. The summed E-state index contributed by atoms with van der Waals surface area (Å²) in [7, 11) is 1.77. The Morgan fingerprint density at radius 2 is 2.31 bits per heavy atom. The maximum absolute atomic E-state index is 5.83. The van der Waals surface area contributed by atoms with Crippen molar-refractivity contribution >= 4 is 5.82 Å². The standard InChI is InChI=1S/C10H15N5O/c1-4-6(2)9-13-10(16-14-9)7-5-12-15(3)8(7)11/h5-6H,4,11H2,1-3H3. The summed E-state index contributed by atoms with van der Waals surface area (Å²) in [5.74, 6) is 1.96. The monoisotopic (exact) mass is 221 g/mol. The van der Waals surface area contributed by atoms with E-state index in [1.54, 1.807) is 17.9 Å². The highest BCUT2D eigenvalue weighted by atomic mass is 16.5. The summed E-state index contributed by atoms with van der Waals surface area (Å²) in [4.78, 5) is 4.31. The normalized spacial score (nSPS) is 12.9. The summed E-state index contributed by atoms with van der Waals surface area (Å²) in [5, 5.41) is 7.97. The quantitative estimate of drug-likeness (QED) is 0.850. The van der Waals surface area contributed by atoms with Crippen molar-refractivity contribution < 1.29 is 4.52 Å². The number of hydrogen-bond acceptors (Lipinski definition) is 5. The Morgan fingerprint density at radius 3 is 2.88 bits per heavy atom. The van der Waals surface area contributed by atoms with Crippen molar-refractivity contribution in [2.75, 3.05) is 5.73 Å². The summed E-state index contributed by atoms with van der Waals surface area (Å²) in [6.45, 7) is 4.14. The van der Waals surface area contributed by atoms with Crippen LogP contribution in [0.25, 0.3) is 11.5 Å². The number of aryl methyl sites for hydroxylation is 1. The zero-order chi connectivity index (χ0) is 11.7. The number of nitrogens with zero attached hydrogens (tertiary/aromatic N) is 4. The lowest BCUT2D eigenvalue weighted by Gasteiger charge is -1.98. The van der Waals surface area contributed by atoms with Crippen LogP contribution in [0.5, 0.6) is 0 Å². The molecule has 2 aromatic rings. The average molecular weight is 221 g/mol. The zero-order valence-corrected chi connectivity index (χ0v) is 9.64. The third kappa shape index (κ3) is 1.66. The molecule has 0 aliphatic carbocycles. The van der Waals surface area contributed by atoms with Crippen molar-refractivity contribution in [2.45, 2.75) is 26.2 Å². The lowest BCUT2D eigenvalue weighted by molar-refractivity contribution is 0.416. The van der Waals surface area contributed by atoms with Crippen LogP contribution in [0.2, 0.25) is 0 Å². The second kappa shape index (κ2) is 3.96. The van der Waals surface area contributed by atoms with Crippen LogP contribution < -0.4 is 5.73 Å². The summed E-state index contributed by atoms with van der Waals surface area (Å²) in [6.07, 6.45) is 2.60. The van der Waals surface area contributed by atoms with E-state index in [1.165, 1.54) is 0 Å². The Kier molecular flexibility index (Phi) is 2.64. The van der Waals surface area contributed by atoms with Gasteiger partial charge in [0.25, 0.3) is 5.89 Å². The van der Waals surface area contributed by atoms with Crippen molar-refractivity contribution in [3.63, 3.8) is 0 Å². The van der Waals surface area contributed by atoms with Crippen LogP contribution in [0.15, 0.2) is 10.7 Å². The highest BCUT2D eigenvalue weighted by molar-refractivity contribution is 5.66. The van der Waals surface area contributed by atoms with Crippen molar-refractivity contribution in [3.05, 3.63) is 12.0 Å². The average Bonchev–Trinajstić information content (AvgIpc) is 2.87. The molecule has 2 aromatic heterocycles. The molecule has 6 nitrogen and oxygen atoms in total. The minimum Gasteiger partial charge on any atom is -0.383 e. The van der Waals surface area contributed by atoms with Gasteiger partial charge in [-0.05, 0) is 6.42 Å². The van der Waals surface area contributed by atoms with E-state index in [0.29, 0.717) is 23.1 Å². The van der Waals surface area contributed by atoms with E-state index in [9.17, 15) is 0 Å².